The van der Waals surface area contributed by atoms with Crippen LogP contribution in [0.4, 0.5) is 10.1 Å². The Labute approximate surface area is 91.8 Å². The Morgan fingerprint density at radius 2 is 2.00 bits per heavy atom. The molecular formula is C9H11BFNO4. The minimum absolute atomic E-state index is 0.0434. The van der Waals surface area contributed by atoms with Gasteiger partial charge in [0.25, 0.3) is 0 Å². The van der Waals surface area contributed by atoms with E-state index >= 15 is 0 Å². The Bertz CT molecular complexity index is 422. The van der Waals surface area contributed by atoms with Crippen LogP contribution in [0.1, 0.15) is 25.3 Å². The molecule has 0 aromatic heterocycles. The van der Waals surface area contributed by atoms with Crippen LogP contribution >= 0.6 is 0 Å². The maximum Gasteiger partial charge on any atom is 0.488 e. The van der Waals surface area contributed by atoms with Crippen molar-refractivity contribution in [2.24, 2.45) is 0 Å². The van der Waals surface area contributed by atoms with Crippen molar-refractivity contribution in [3.05, 3.63) is 33.6 Å². The third kappa shape index (κ3) is 2.37. The first-order chi connectivity index (χ1) is 7.34. The fraction of sp³-hybridized carbons (Fsp3) is 0.333. The van der Waals surface area contributed by atoms with E-state index in [1.807, 2.05) is 0 Å². The lowest BCUT2D eigenvalue weighted by Gasteiger charge is -2.12. The predicted octanol–water partition coefficient (Wildman–Crippen LogP) is 0.537. The Hall–Kier alpha value is -1.47. The summed E-state index contributed by atoms with van der Waals surface area (Å²) in [6.45, 7) is 3.45. The Morgan fingerprint density at radius 3 is 2.38 bits per heavy atom. The number of benzene rings is 1. The van der Waals surface area contributed by atoms with Crippen molar-refractivity contribution in [2.75, 3.05) is 0 Å². The lowest BCUT2D eigenvalue weighted by molar-refractivity contribution is -0.387. The highest BCUT2D eigenvalue weighted by Gasteiger charge is 2.24. The zero-order chi connectivity index (χ0) is 12.5. The molecule has 0 unspecified atom stereocenters. The molecule has 86 valence electrons. The van der Waals surface area contributed by atoms with Gasteiger partial charge in [-0.2, -0.15) is 4.39 Å². The molecule has 7 heteroatoms. The third-order valence-corrected chi connectivity index (χ3v) is 2.25. The van der Waals surface area contributed by atoms with Gasteiger partial charge in [-0.15, -0.1) is 0 Å². The van der Waals surface area contributed by atoms with Crippen molar-refractivity contribution in [3.63, 3.8) is 0 Å². The molecule has 2 N–H and O–H groups in total. The molecule has 0 fully saturated rings. The molecule has 16 heavy (non-hydrogen) atoms. The number of hydrogen-bond donors (Lipinski definition) is 2. The Morgan fingerprint density at radius 1 is 1.44 bits per heavy atom. The summed E-state index contributed by atoms with van der Waals surface area (Å²) in [5.41, 5.74) is -0.352. The molecule has 0 saturated carbocycles. The maximum absolute atomic E-state index is 13.2. The smallest absolute Gasteiger partial charge is 0.423 e. The van der Waals surface area contributed by atoms with Crippen LogP contribution in [0.25, 0.3) is 0 Å². The molecule has 0 radical (unpaired) electrons. The van der Waals surface area contributed by atoms with E-state index in [0.717, 1.165) is 12.1 Å². The molecule has 0 amide bonds. The summed E-state index contributed by atoms with van der Waals surface area (Å²) < 4.78 is 13.2. The predicted molar refractivity (Wildman–Crippen MR) is 57.0 cm³/mol. The van der Waals surface area contributed by atoms with E-state index in [0.29, 0.717) is 5.56 Å². The van der Waals surface area contributed by atoms with Gasteiger partial charge < -0.3 is 10.0 Å². The number of hydrogen-bond acceptors (Lipinski definition) is 4. The highest BCUT2D eigenvalue weighted by Crippen LogP contribution is 2.22. The average Bonchev–Trinajstić information content (AvgIpc) is 2.15. The van der Waals surface area contributed by atoms with E-state index in [-0.39, 0.29) is 11.4 Å². The molecular weight excluding hydrogens is 216 g/mol. The van der Waals surface area contributed by atoms with Crippen LogP contribution in [0.3, 0.4) is 0 Å². The first kappa shape index (κ1) is 12.6. The molecule has 0 atom stereocenters. The van der Waals surface area contributed by atoms with Gasteiger partial charge in [0, 0.05) is 6.07 Å². The summed E-state index contributed by atoms with van der Waals surface area (Å²) >= 11 is 0. The van der Waals surface area contributed by atoms with Gasteiger partial charge in [-0.3, -0.25) is 10.1 Å². The van der Waals surface area contributed by atoms with Crippen molar-refractivity contribution in [2.45, 2.75) is 19.8 Å². The molecule has 0 saturated heterocycles. The second-order valence-corrected chi connectivity index (χ2v) is 3.72. The molecule has 1 rings (SSSR count). The van der Waals surface area contributed by atoms with Crippen LogP contribution in [0, 0.1) is 15.9 Å². The molecule has 0 aliphatic carbocycles. The topological polar surface area (TPSA) is 83.6 Å². The molecule has 1 aromatic rings. The van der Waals surface area contributed by atoms with Crippen LogP contribution in [-0.4, -0.2) is 22.1 Å². The van der Waals surface area contributed by atoms with Gasteiger partial charge in [0.15, 0.2) is 5.82 Å². The van der Waals surface area contributed by atoms with E-state index in [1.54, 1.807) is 13.8 Å². The quantitative estimate of drug-likeness (QED) is 0.448. The molecule has 0 heterocycles. The van der Waals surface area contributed by atoms with E-state index in [2.05, 4.69) is 0 Å². The summed E-state index contributed by atoms with van der Waals surface area (Å²) in [6.07, 6.45) is 0. The number of nitrogens with zero attached hydrogens (tertiary/aromatic N) is 1. The molecule has 0 bridgehead atoms. The number of rotatable bonds is 3. The Balaban J connectivity index is 3.43. The van der Waals surface area contributed by atoms with E-state index in [4.69, 9.17) is 10.0 Å². The fourth-order valence-corrected chi connectivity index (χ4v) is 1.46. The van der Waals surface area contributed by atoms with E-state index < -0.39 is 23.5 Å². The SMILES string of the molecule is CC(C)c1cc([N+](=O)[O-])c(F)cc1B(O)O. The minimum Gasteiger partial charge on any atom is -0.423 e. The monoisotopic (exact) mass is 227 g/mol. The molecule has 0 aliphatic heterocycles. The fourth-order valence-electron chi connectivity index (χ4n) is 1.46. The second kappa shape index (κ2) is 4.59. The van der Waals surface area contributed by atoms with Crippen LogP contribution < -0.4 is 5.46 Å². The van der Waals surface area contributed by atoms with Gasteiger partial charge in [-0.05, 0) is 23.0 Å². The summed E-state index contributed by atoms with van der Waals surface area (Å²) in [6, 6.07) is 1.83. The van der Waals surface area contributed by atoms with Crippen molar-refractivity contribution in [1.29, 1.82) is 0 Å². The van der Waals surface area contributed by atoms with Crippen LogP contribution in [0.2, 0.25) is 0 Å². The van der Waals surface area contributed by atoms with Gasteiger partial charge in [0.05, 0.1) is 4.92 Å². The molecule has 0 aliphatic rings. The molecule has 1 aromatic carbocycles. The number of halogens is 1. The van der Waals surface area contributed by atoms with E-state index in [9.17, 15) is 14.5 Å². The summed E-state index contributed by atoms with van der Waals surface area (Å²) in [4.78, 5) is 9.68. The highest BCUT2D eigenvalue weighted by molar-refractivity contribution is 6.59. The summed E-state index contributed by atoms with van der Waals surface area (Å²) in [7, 11) is -1.84. The first-order valence-corrected chi connectivity index (χ1v) is 4.68. The summed E-state index contributed by atoms with van der Waals surface area (Å²) in [5.74, 6) is -1.24. The van der Waals surface area contributed by atoms with Crippen LogP contribution in [0.5, 0.6) is 0 Å². The lowest BCUT2D eigenvalue weighted by atomic mass is 9.74. The zero-order valence-corrected chi connectivity index (χ0v) is 8.85. The van der Waals surface area contributed by atoms with Gasteiger partial charge in [-0.1, -0.05) is 13.8 Å². The van der Waals surface area contributed by atoms with Crippen LogP contribution in [0.15, 0.2) is 12.1 Å². The first-order valence-electron chi connectivity index (χ1n) is 4.68. The second-order valence-electron chi connectivity index (χ2n) is 3.72. The standard InChI is InChI=1S/C9H11BFNO4/c1-5(2)6-3-9(12(15)16)8(11)4-7(6)10(13)14/h3-5,13-14H,1-2H3. The van der Waals surface area contributed by atoms with Crippen molar-refractivity contribution < 1.29 is 19.4 Å². The third-order valence-electron chi connectivity index (χ3n) is 2.25. The van der Waals surface area contributed by atoms with Gasteiger partial charge in [0.1, 0.15) is 0 Å². The molecule has 0 spiro atoms. The van der Waals surface area contributed by atoms with Gasteiger partial charge >= 0.3 is 12.8 Å². The number of nitro benzene ring substituents is 1. The lowest BCUT2D eigenvalue weighted by Crippen LogP contribution is -2.34. The molecule has 5 nitrogen and oxygen atoms in total. The van der Waals surface area contributed by atoms with E-state index in [1.165, 1.54) is 0 Å². The highest BCUT2D eigenvalue weighted by atomic mass is 19.1. The van der Waals surface area contributed by atoms with Crippen LogP contribution in [-0.2, 0) is 0 Å². The van der Waals surface area contributed by atoms with Gasteiger partial charge in [0.2, 0.25) is 0 Å². The average molecular weight is 227 g/mol. The maximum atomic E-state index is 13.2. The van der Waals surface area contributed by atoms with Crippen molar-refractivity contribution >= 4 is 18.3 Å². The van der Waals surface area contributed by atoms with Crippen molar-refractivity contribution in [1.82, 2.24) is 0 Å². The number of nitro groups is 1. The summed E-state index contributed by atoms with van der Waals surface area (Å²) in [5, 5.41) is 28.6. The Kier molecular flexibility index (Phi) is 3.61. The minimum atomic E-state index is -1.84. The largest absolute Gasteiger partial charge is 0.488 e. The van der Waals surface area contributed by atoms with Gasteiger partial charge in [-0.25, -0.2) is 0 Å². The van der Waals surface area contributed by atoms with Crippen molar-refractivity contribution in [3.8, 4) is 0 Å². The normalized spacial score (nSPS) is 10.6. The zero-order valence-electron chi connectivity index (χ0n) is 8.85.